The molecule has 0 radical (unpaired) electrons. The van der Waals surface area contributed by atoms with Gasteiger partial charge in [-0.15, -0.1) is 0 Å². The molecule has 184 valence electrons. The maximum atomic E-state index is 12.9. The molecule has 2 saturated carbocycles. The minimum Gasteiger partial charge on any atom is -0.495 e. The highest BCUT2D eigenvalue weighted by Gasteiger charge is 2.44. The number of carbonyl (C=O) groups excluding carboxylic acids is 2. The Kier molecular flexibility index (Phi) is 6.41. The molecule has 0 atom stereocenters. The van der Waals surface area contributed by atoms with E-state index in [9.17, 15) is 9.59 Å². The van der Waals surface area contributed by atoms with Gasteiger partial charge in [0.2, 0.25) is 0 Å². The summed E-state index contributed by atoms with van der Waals surface area (Å²) in [5.41, 5.74) is 0.963. The molecule has 8 heteroatoms. The van der Waals surface area contributed by atoms with E-state index in [0.29, 0.717) is 37.0 Å². The van der Waals surface area contributed by atoms with Gasteiger partial charge in [-0.05, 0) is 63.5 Å². The number of nitrogens with one attached hydrogen (secondary N) is 1. The molecule has 2 aliphatic carbocycles. The first-order valence-corrected chi connectivity index (χ1v) is 12.3. The van der Waals surface area contributed by atoms with Crippen LogP contribution in [0.5, 0.6) is 5.75 Å². The summed E-state index contributed by atoms with van der Waals surface area (Å²) in [5.74, 6) is 7.18. The van der Waals surface area contributed by atoms with Crippen molar-refractivity contribution in [3.63, 3.8) is 0 Å². The monoisotopic (exact) mass is 487 g/mol. The number of urea groups is 1. The van der Waals surface area contributed by atoms with Crippen LogP contribution in [0.3, 0.4) is 0 Å². The first kappa shape index (κ1) is 24.5. The molecule has 7 nitrogen and oxygen atoms in total. The molecule has 0 aromatic heterocycles. The van der Waals surface area contributed by atoms with E-state index in [2.05, 4.69) is 24.1 Å². The highest BCUT2D eigenvalue weighted by molar-refractivity contribution is 6.31. The smallest absolute Gasteiger partial charge is 0.410 e. The summed E-state index contributed by atoms with van der Waals surface area (Å²) in [6, 6.07) is 3.73. The molecule has 1 N–H and O–H groups in total. The van der Waals surface area contributed by atoms with E-state index >= 15 is 0 Å². The van der Waals surface area contributed by atoms with Crippen LogP contribution in [0.15, 0.2) is 12.1 Å². The van der Waals surface area contributed by atoms with Gasteiger partial charge in [0.25, 0.3) is 0 Å². The molecule has 3 fully saturated rings. The van der Waals surface area contributed by atoms with Crippen molar-refractivity contribution in [2.24, 2.45) is 0 Å². The summed E-state index contributed by atoms with van der Waals surface area (Å²) in [7, 11) is 1.61. The zero-order valence-electron chi connectivity index (χ0n) is 20.7. The van der Waals surface area contributed by atoms with E-state index in [4.69, 9.17) is 21.1 Å². The van der Waals surface area contributed by atoms with Gasteiger partial charge in [0.15, 0.2) is 0 Å². The number of amides is 3. The molecule has 4 rings (SSSR count). The first-order valence-electron chi connectivity index (χ1n) is 11.9. The van der Waals surface area contributed by atoms with Gasteiger partial charge in [-0.2, -0.15) is 0 Å². The van der Waals surface area contributed by atoms with E-state index in [-0.39, 0.29) is 17.5 Å². The van der Waals surface area contributed by atoms with Crippen molar-refractivity contribution < 1.29 is 19.1 Å². The van der Waals surface area contributed by atoms with Gasteiger partial charge in [0.05, 0.1) is 12.7 Å². The van der Waals surface area contributed by atoms with E-state index < -0.39 is 11.1 Å². The lowest BCUT2D eigenvalue weighted by molar-refractivity contribution is 0.0169. The second-order valence-electron chi connectivity index (χ2n) is 10.8. The predicted octanol–water partition coefficient (Wildman–Crippen LogP) is 4.55. The molecule has 1 aliphatic heterocycles. The number of methoxy groups -OCH3 is 1. The predicted molar refractivity (Wildman–Crippen MR) is 131 cm³/mol. The number of benzene rings is 1. The Morgan fingerprint density at radius 2 is 1.68 bits per heavy atom. The van der Waals surface area contributed by atoms with E-state index in [1.54, 1.807) is 16.9 Å². The molecule has 1 aromatic rings. The fourth-order valence-corrected chi connectivity index (χ4v) is 4.42. The Morgan fingerprint density at radius 3 is 2.21 bits per heavy atom. The molecule has 34 heavy (non-hydrogen) atoms. The highest BCUT2D eigenvalue weighted by atomic mass is 35.5. The third-order valence-corrected chi connectivity index (χ3v) is 7.00. The average molecular weight is 488 g/mol. The van der Waals surface area contributed by atoms with Crippen molar-refractivity contribution >= 4 is 23.7 Å². The first-order chi connectivity index (χ1) is 15.9. The van der Waals surface area contributed by atoms with Gasteiger partial charge in [0, 0.05) is 37.3 Å². The normalized spacial score (nSPS) is 20.1. The van der Waals surface area contributed by atoms with Crippen LogP contribution in [0.25, 0.3) is 0 Å². The Bertz CT molecular complexity index is 1040. The summed E-state index contributed by atoms with van der Waals surface area (Å²) < 4.78 is 10.9. The van der Waals surface area contributed by atoms with Crippen LogP contribution in [-0.4, -0.2) is 66.4 Å². The summed E-state index contributed by atoms with van der Waals surface area (Å²) in [6.07, 6.45) is 3.52. The van der Waals surface area contributed by atoms with Crippen molar-refractivity contribution in [1.29, 1.82) is 0 Å². The van der Waals surface area contributed by atoms with Crippen molar-refractivity contribution in [1.82, 2.24) is 15.1 Å². The SMILES string of the molecule is COc1cc(Cl)c(C2(C)CC2)cc1C#CC1(NC(=O)N2CCN(C(=O)OC(C)(C)C)CC2)CC1. The van der Waals surface area contributed by atoms with Crippen molar-refractivity contribution in [3.05, 3.63) is 28.3 Å². The lowest BCUT2D eigenvalue weighted by Gasteiger charge is -2.36. The van der Waals surface area contributed by atoms with Crippen molar-refractivity contribution in [2.75, 3.05) is 33.3 Å². The third-order valence-electron chi connectivity index (χ3n) is 6.69. The lowest BCUT2D eigenvalue weighted by atomic mass is 9.96. The van der Waals surface area contributed by atoms with Gasteiger partial charge >= 0.3 is 12.1 Å². The highest BCUT2D eigenvalue weighted by Crippen LogP contribution is 2.51. The molecule has 1 heterocycles. The number of carbonyl (C=O) groups is 2. The van der Waals surface area contributed by atoms with Gasteiger partial charge in [0.1, 0.15) is 16.9 Å². The number of piperazine rings is 1. The van der Waals surface area contributed by atoms with Crippen molar-refractivity contribution in [3.8, 4) is 17.6 Å². The molecular weight excluding hydrogens is 454 g/mol. The summed E-state index contributed by atoms with van der Waals surface area (Å²) in [4.78, 5) is 28.5. The van der Waals surface area contributed by atoms with Gasteiger partial charge in [-0.3, -0.25) is 0 Å². The number of ether oxygens (including phenoxy) is 2. The van der Waals surface area contributed by atoms with Crippen LogP contribution in [0, 0.1) is 11.8 Å². The third kappa shape index (κ3) is 5.55. The Morgan fingerprint density at radius 1 is 1.06 bits per heavy atom. The van der Waals surface area contributed by atoms with Gasteiger partial charge < -0.3 is 24.6 Å². The number of halogens is 1. The zero-order chi connectivity index (χ0) is 24.7. The lowest BCUT2D eigenvalue weighted by Crippen LogP contribution is -2.55. The Hall–Kier alpha value is -2.59. The fraction of sp³-hybridized carbons (Fsp3) is 0.615. The largest absolute Gasteiger partial charge is 0.495 e. The van der Waals surface area contributed by atoms with Crippen LogP contribution >= 0.6 is 11.6 Å². The Balaban J connectivity index is 1.38. The standard InChI is InChI=1S/C26H34ClN3O4/c1-24(2,3)34-23(32)30-14-12-29(13-15-30)22(31)28-26(10-11-26)7-6-18-16-19(25(4)8-9-25)20(27)17-21(18)33-5/h16-17H,8-15H2,1-5H3,(H,28,31). The molecular formula is C26H34ClN3O4. The average Bonchev–Trinajstić information content (AvgIpc) is 3.70. The molecule has 1 saturated heterocycles. The number of hydrogen-bond donors (Lipinski definition) is 1. The van der Waals surface area contributed by atoms with Crippen molar-refractivity contribution in [2.45, 2.75) is 69.9 Å². The molecule has 0 unspecified atom stereocenters. The summed E-state index contributed by atoms with van der Waals surface area (Å²) in [6.45, 7) is 9.56. The molecule has 3 amide bonds. The maximum Gasteiger partial charge on any atom is 0.410 e. The summed E-state index contributed by atoms with van der Waals surface area (Å²) in [5, 5.41) is 3.82. The molecule has 0 spiro atoms. The minimum absolute atomic E-state index is 0.118. The van der Waals surface area contributed by atoms with Gasteiger partial charge in [-0.25, -0.2) is 9.59 Å². The van der Waals surface area contributed by atoms with Crippen LogP contribution in [0.1, 0.15) is 64.5 Å². The summed E-state index contributed by atoms with van der Waals surface area (Å²) >= 11 is 6.50. The maximum absolute atomic E-state index is 12.9. The molecule has 1 aromatic carbocycles. The fourth-order valence-electron chi connectivity index (χ4n) is 4.04. The van der Waals surface area contributed by atoms with E-state index in [1.807, 2.05) is 32.9 Å². The van der Waals surface area contributed by atoms with Gasteiger partial charge in [-0.1, -0.05) is 30.4 Å². The number of rotatable bonds is 3. The number of hydrogen-bond acceptors (Lipinski definition) is 4. The zero-order valence-corrected chi connectivity index (χ0v) is 21.5. The van der Waals surface area contributed by atoms with Crippen LogP contribution in [0.4, 0.5) is 9.59 Å². The van der Waals surface area contributed by atoms with Crippen LogP contribution < -0.4 is 10.1 Å². The van der Waals surface area contributed by atoms with E-state index in [1.165, 1.54) is 0 Å². The minimum atomic E-state index is -0.535. The van der Waals surface area contributed by atoms with Crippen LogP contribution in [-0.2, 0) is 10.2 Å². The quantitative estimate of drug-likeness (QED) is 0.635. The van der Waals surface area contributed by atoms with Crippen LogP contribution in [0.2, 0.25) is 5.02 Å². The second-order valence-corrected chi connectivity index (χ2v) is 11.2. The second kappa shape index (κ2) is 8.88. The number of nitrogens with zero attached hydrogens (tertiary/aromatic N) is 2. The molecule has 3 aliphatic rings. The molecule has 0 bridgehead atoms. The topological polar surface area (TPSA) is 71.1 Å². The Labute approximate surface area is 207 Å². The van der Waals surface area contributed by atoms with E-state index in [0.717, 1.165) is 36.8 Å².